The van der Waals surface area contributed by atoms with Crippen LogP contribution in [0.4, 0.5) is 0 Å². The zero-order valence-electron chi connectivity index (χ0n) is 9.66. The monoisotopic (exact) mass is 252 g/mol. The number of carbonyl (C=O) groups excluding carboxylic acids is 2. The Labute approximate surface area is 103 Å². The molecule has 0 aliphatic rings. The van der Waals surface area contributed by atoms with E-state index in [1.165, 1.54) is 7.11 Å². The van der Waals surface area contributed by atoms with Crippen molar-refractivity contribution in [1.29, 1.82) is 0 Å². The summed E-state index contributed by atoms with van der Waals surface area (Å²) in [7, 11) is 1.29. The average Bonchev–Trinajstić information content (AvgIpc) is 2.25. The van der Waals surface area contributed by atoms with Gasteiger partial charge in [-0.2, -0.15) is 0 Å². The molecule has 0 saturated heterocycles. The van der Waals surface area contributed by atoms with Crippen LogP contribution in [-0.2, 0) is 14.3 Å². The zero-order chi connectivity index (χ0) is 11.5. The Morgan fingerprint density at radius 1 is 1.19 bits per heavy atom. The first-order chi connectivity index (χ1) is 7.20. The van der Waals surface area contributed by atoms with Gasteiger partial charge in [-0.1, -0.05) is 12.8 Å². The second kappa shape index (κ2) is 12.3. The lowest BCUT2D eigenvalue weighted by molar-refractivity contribution is -0.141. The number of ether oxygens (including phenoxy) is 1. The second-order valence-corrected chi connectivity index (χ2v) is 3.31. The molecule has 0 aromatic carbocycles. The summed E-state index contributed by atoms with van der Waals surface area (Å²) in [4.78, 5) is 21.8. The van der Waals surface area contributed by atoms with E-state index in [9.17, 15) is 9.59 Å². The molecule has 0 aromatic rings. The number of rotatable bonds is 8. The molecule has 0 unspecified atom stereocenters. The van der Waals surface area contributed by atoms with Crippen molar-refractivity contribution >= 4 is 24.3 Å². The lowest BCUT2D eigenvalue weighted by Gasteiger charge is -2.03. The van der Waals surface area contributed by atoms with Gasteiger partial charge in [0.15, 0.2) is 0 Å². The van der Waals surface area contributed by atoms with Gasteiger partial charge in [0.05, 0.1) is 7.11 Å². The van der Waals surface area contributed by atoms with Gasteiger partial charge in [-0.05, 0) is 19.4 Å². The largest absolute Gasteiger partial charge is 0.468 e. The highest BCUT2D eigenvalue weighted by Crippen LogP contribution is 2.01. The summed E-state index contributed by atoms with van der Waals surface area (Å²) in [6, 6.07) is 0. The van der Waals surface area contributed by atoms with Crippen molar-refractivity contribution in [2.75, 3.05) is 20.2 Å². The van der Waals surface area contributed by atoms with Crippen LogP contribution < -0.4 is 11.1 Å². The minimum absolute atomic E-state index is 0. The Bertz CT molecular complexity index is 201. The summed E-state index contributed by atoms with van der Waals surface area (Å²) >= 11 is 0. The molecule has 0 fully saturated rings. The van der Waals surface area contributed by atoms with E-state index in [1.807, 2.05) is 0 Å². The molecule has 16 heavy (non-hydrogen) atoms. The van der Waals surface area contributed by atoms with Crippen molar-refractivity contribution in [3.05, 3.63) is 0 Å². The number of nitrogens with one attached hydrogen (secondary N) is 1. The molecule has 0 heterocycles. The van der Waals surface area contributed by atoms with Gasteiger partial charge in [-0.25, -0.2) is 0 Å². The van der Waals surface area contributed by atoms with Crippen molar-refractivity contribution in [2.45, 2.75) is 32.1 Å². The Morgan fingerprint density at radius 3 is 2.38 bits per heavy atom. The molecular formula is C10H21ClN2O3. The molecule has 0 rings (SSSR count). The van der Waals surface area contributed by atoms with E-state index in [1.54, 1.807) is 0 Å². The number of amides is 1. The molecule has 3 N–H and O–H groups in total. The molecule has 0 aromatic heterocycles. The van der Waals surface area contributed by atoms with Gasteiger partial charge in [0.2, 0.25) is 5.91 Å². The smallest absolute Gasteiger partial charge is 0.325 e. The van der Waals surface area contributed by atoms with Crippen LogP contribution in [0.1, 0.15) is 32.1 Å². The van der Waals surface area contributed by atoms with Gasteiger partial charge >= 0.3 is 5.97 Å². The summed E-state index contributed by atoms with van der Waals surface area (Å²) < 4.78 is 4.39. The lowest BCUT2D eigenvalue weighted by atomic mass is 10.1. The summed E-state index contributed by atoms with van der Waals surface area (Å²) in [5.74, 6) is -0.528. The van der Waals surface area contributed by atoms with E-state index in [0.717, 1.165) is 25.7 Å². The van der Waals surface area contributed by atoms with E-state index in [4.69, 9.17) is 5.73 Å². The molecule has 0 bridgehead atoms. The molecule has 6 heteroatoms. The second-order valence-electron chi connectivity index (χ2n) is 3.31. The lowest BCUT2D eigenvalue weighted by Crippen LogP contribution is -2.29. The first kappa shape index (κ1) is 17.6. The SMILES string of the molecule is COC(=O)CNC(=O)CCCCCCN.Cl. The Balaban J connectivity index is 0. The van der Waals surface area contributed by atoms with Gasteiger partial charge in [0.1, 0.15) is 6.54 Å². The van der Waals surface area contributed by atoms with Gasteiger partial charge in [0.25, 0.3) is 0 Å². The van der Waals surface area contributed by atoms with E-state index in [2.05, 4.69) is 10.1 Å². The summed E-state index contributed by atoms with van der Waals surface area (Å²) in [6.45, 7) is 0.659. The van der Waals surface area contributed by atoms with Crippen molar-refractivity contribution < 1.29 is 14.3 Å². The maximum absolute atomic E-state index is 11.2. The molecule has 0 atom stereocenters. The minimum atomic E-state index is -0.425. The van der Waals surface area contributed by atoms with Crippen LogP contribution in [0.5, 0.6) is 0 Å². The Kier molecular flexibility index (Phi) is 13.5. The van der Waals surface area contributed by atoms with Crippen LogP contribution in [0, 0.1) is 0 Å². The summed E-state index contributed by atoms with van der Waals surface area (Å²) in [6.07, 6.45) is 4.36. The van der Waals surface area contributed by atoms with Crippen LogP contribution in [0.15, 0.2) is 0 Å². The average molecular weight is 253 g/mol. The van der Waals surface area contributed by atoms with Crippen molar-refractivity contribution in [1.82, 2.24) is 5.32 Å². The normalized spacial score (nSPS) is 9.12. The van der Waals surface area contributed by atoms with E-state index in [0.29, 0.717) is 13.0 Å². The molecule has 5 nitrogen and oxygen atoms in total. The standard InChI is InChI=1S/C10H20N2O3.ClH/c1-15-10(14)8-12-9(13)6-4-2-3-5-7-11;/h2-8,11H2,1H3,(H,12,13);1H. The van der Waals surface area contributed by atoms with Crippen molar-refractivity contribution in [3.63, 3.8) is 0 Å². The zero-order valence-corrected chi connectivity index (χ0v) is 10.5. The number of halogens is 1. The Morgan fingerprint density at radius 2 is 1.81 bits per heavy atom. The molecule has 96 valence electrons. The number of methoxy groups -OCH3 is 1. The number of nitrogens with two attached hydrogens (primary N) is 1. The summed E-state index contributed by atoms with van der Waals surface area (Å²) in [5, 5.41) is 2.49. The quantitative estimate of drug-likeness (QED) is 0.490. The molecule has 1 amide bonds. The van der Waals surface area contributed by atoms with Crippen LogP contribution in [-0.4, -0.2) is 32.1 Å². The van der Waals surface area contributed by atoms with Crippen LogP contribution in [0.25, 0.3) is 0 Å². The highest BCUT2D eigenvalue weighted by molar-refractivity contribution is 5.85. The van der Waals surface area contributed by atoms with Crippen LogP contribution >= 0.6 is 12.4 Å². The topological polar surface area (TPSA) is 81.4 Å². The number of carbonyl (C=O) groups is 2. The molecular weight excluding hydrogens is 232 g/mol. The maximum Gasteiger partial charge on any atom is 0.325 e. The number of unbranched alkanes of at least 4 members (excludes halogenated alkanes) is 3. The fraction of sp³-hybridized carbons (Fsp3) is 0.800. The van der Waals surface area contributed by atoms with Crippen LogP contribution in [0.3, 0.4) is 0 Å². The predicted octanol–water partition coefficient (Wildman–Crippen LogP) is 0.607. The van der Waals surface area contributed by atoms with E-state index >= 15 is 0 Å². The van der Waals surface area contributed by atoms with Gasteiger partial charge in [-0.3, -0.25) is 9.59 Å². The number of esters is 1. The third-order valence-electron chi connectivity index (χ3n) is 2.02. The Hall–Kier alpha value is -0.810. The molecule has 0 aliphatic carbocycles. The third-order valence-corrected chi connectivity index (χ3v) is 2.02. The first-order valence-corrected chi connectivity index (χ1v) is 5.24. The predicted molar refractivity (Wildman–Crippen MR) is 64.4 cm³/mol. The summed E-state index contributed by atoms with van der Waals surface area (Å²) in [5.41, 5.74) is 5.34. The molecule has 0 saturated carbocycles. The van der Waals surface area contributed by atoms with Gasteiger partial charge in [-0.15, -0.1) is 12.4 Å². The van der Waals surface area contributed by atoms with E-state index < -0.39 is 5.97 Å². The van der Waals surface area contributed by atoms with Gasteiger partial charge in [0, 0.05) is 6.42 Å². The number of hydrogen-bond acceptors (Lipinski definition) is 4. The van der Waals surface area contributed by atoms with Crippen molar-refractivity contribution in [3.8, 4) is 0 Å². The third kappa shape index (κ3) is 11.3. The maximum atomic E-state index is 11.2. The minimum Gasteiger partial charge on any atom is -0.468 e. The van der Waals surface area contributed by atoms with E-state index in [-0.39, 0.29) is 24.9 Å². The van der Waals surface area contributed by atoms with Crippen molar-refractivity contribution in [2.24, 2.45) is 5.73 Å². The van der Waals surface area contributed by atoms with Gasteiger partial charge < -0.3 is 15.8 Å². The highest BCUT2D eigenvalue weighted by Gasteiger charge is 2.04. The number of hydrogen-bond donors (Lipinski definition) is 2. The van der Waals surface area contributed by atoms with Crippen LogP contribution in [0.2, 0.25) is 0 Å². The fourth-order valence-electron chi connectivity index (χ4n) is 1.11. The molecule has 0 spiro atoms. The molecule has 0 aliphatic heterocycles. The first-order valence-electron chi connectivity index (χ1n) is 5.24. The molecule has 0 radical (unpaired) electrons. The highest BCUT2D eigenvalue weighted by atomic mass is 35.5. The fourth-order valence-corrected chi connectivity index (χ4v) is 1.11.